The molecule has 0 saturated carbocycles. The molecule has 2 rings (SSSR count). The summed E-state index contributed by atoms with van der Waals surface area (Å²) in [6.45, 7) is 4.60. The molecule has 1 radical (unpaired) electrons. The van der Waals surface area contributed by atoms with Crippen LogP contribution in [0.3, 0.4) is 0 Å². The Morgan fingerprint density at radius 1 is 1.05 bits per heavy atom. The van der Waals surface area contributed by atoms with E-state index in [0.717, 1.165) is 16.7 Å². The van der Waals surface area contributed by atoms with E-state index in [9.17, 15) is 4.79 Å². The van der Waals surface area contributed by atoms with E-state index in [1.54, 1.807) is 0 Å². The maximum absolute atomic E-state index is 11.5. The molecule has 0 heterocycles. The number of amides is 1. The Hall–Kier alpha value is -2.29. The number of carbonyl (C=O) groups is 1. The Kier molecular flexibility index (Phi) is 4.56. The molecule has 1 amide bonds. The highest BCUT2D eigenvalue weighted by molar-refractivity contribution is 5.67. The molecule has 0 fully saturated rings. The van der Waals surface area contributed by atoms with Crippen molar-refractivity contribution in [2.75, 3.05) is 0 Å². The summed E-state index contributed by atoms with van der Waals surface area (Å²) < 4.78 is 5.12. The molecular weight excluding hydrogens is 238 g/mol. The van der Waals surface area contributed by atoms with Gasteiger partial charge in [0.1, 0.15) is 6.61 Å². The lowest BCUT2D eigenvalue weighted by Crippen LogP contribution is -2.23. The largest absolute Gasteiger partial charge is 0.445 e. The first kappa shape index (κ1) is 13.1. The van der Waals surface area contributed by atoms with Gasteiger partial charge in [0.15, 0.2) is 0 Å². The average Bonchev–Trinajstić information content (AvgIpc) is 2.45. The fourth-order valence-corrected chi connectivity index (χ4v) is 1.67. The zero-order valence-corrected chi connectivity index (χ0v) is 10.6. The molecule has 3 heteroatoms. The second-order valence-corrected chi connectivity index (χ2v) is 4.18. The minimum Gasteiger partial charge on any atom is -0.445 e. The second-order valence-electron chi connectivity index (χ2n) is 4.18. The Labute approximate surface area is 113 Å². The molecule has 2 aromatic carbocycles. The standard InChI is InChI=1S/C16H16NO2/c1-13-7-5-6-10-15(13)11-17-16(18)19-12-14-8-3-2-4-9-14/h2-10H,1,11-12H2,(H,17,18). The monoisotopic (exact) mass is 254 g/mol. The highest BCUT2D eigenvalue weighted by atomic mass is 16.5. The molecule has 19 heavy (non-hydrogen) atoms. The fourth-order valence-electron chi connectivity index (χ4n) is 1.67. The van der Waals surface area contributed by atoms with Gasteiger partial charge in [-0.05, 0) is 23.6 Å². The maximum Gasteiger partial charge on any atom is 0.407 e. The predicted molar refractivity (Wildman–Crippen MR) is 74.4 cm³/mol. The lowest BCUT2D eigenvalue weighted by atomic mass is 10.1. The molecular formula is C16H16NO2. The smallest absolute Gasteiger partial charge is 0.407 e. The van der Waals surface area contributed by atoms with Gasteiger partial charge < -0.3 is 10.1 Å². The third-order valence-corrected chi connectivity index (χ3v) is 2.75. The van der Waals surface area contributed by atoms with Gasteiger partial charge in [-0.15, -0.1) is 0 Å². The van der Waals surface area contributed by atoms with Crippen molar-refractivity contribution >= 4 is 6.09 Å². The molecule has 1 N–H and O–H groups in total. The zero-order chi connectivity index (χ0) is 13.5. The van der Waals surface area contributed by atoms with Crippen LogP contribution in [0.1, 0.15) is 16.7 Å². The summed E-state index contributed by atoms with van der Waals surface area (Å²) in [5.41, 5.74) is 2.86. The molecule has 3 nitrogen and oxygen atoms in total. The van der Waals surface area contributed by atoms with Crippen molar-refractivity contribution in [1.29, 1.82) is 0 Å². The van der Waals surface area contributed by atoms with Crippen LogP contribution < -0.4 is 5.32 Å². The van der Waals surface area contributed by atoms with E-state index >= 15 is 0 Å². The first-order valence-electron chi connectivity index (χ1n) is 6.10. The number of hydrogen-bond acceptors (Lipinski definition) is 2. The normalized spacial score (nSPS) is 9.95. The van der Waals surface area contributed by atoms with Gasteiger partial charge in [-0.1, -0.05) is 54.6 Å². The number of nitrogens with one attached hydrogen (secondary N) is 1. The number of carbonyl (C=O) groups excluding carboxylic acids is 1. The highest BCUT2D eigenvalue weighted by Crippen LogP contribution is 2.06. The van der Waals surface area contributed by atoms with Gasteiger partial charge in [0.25, 0.3) is 0 Å². The van der Waals surface area contributed by atoms with E-state index in [2.05, 4.69) is 12.2 Å². The van der Waals surface area contributed by atoms with Gasteiger partial charge in [0.05, 0.1) is 0 Å². The topological polar surface area (TPSA) is 38.3 Å². The van der Waals surface area contributed by atoms with Crippen LogP contribution in [-0.2, 0) is 17.9 Å². The van der Waals surface area contributed by atoms with Crippen LogP contribution in [0.2, 0.25) is 0 Å². The van der Waals surface area contributed by atoms with Crippen LogP contribution in [-0.4, -0.2) is 6.09 Å². The van der Waals surface area contributed by atoms with Gasteiger partial charge in [-0.2, -0.15) is 0 Å². The van der Waals surface area contributed by atoms with Crippen LogP contribution in [0.4, 0.5) is 4.79 Å². The molecule has 0 aliphatic heterocycles. The van der Waals surface area contributed by atoms with E-state index in [4.69, 9.17) is 4.74 Å². The molecule has 0 saturated heterocycles. The number of hydrogen-bond donors (Lipinski definition) is 1. The summed E-state index contributed by atoms with van der Waals surface area (Å²) in [6.07, 6.45) is -0.424. The summed E-state index contributed by atoms with van der Waals surface area (Å²) in [5.74, 6) is 0. The molecule has 2 aromatic rings. The van der Waals surface area contributed by atoms with Crippen molar-refractivity contribution in [2.45, 2.75) is 13.2 Å². The fraction of sp³-hybridized carbons (Fsp3) is 0.125. The molecule has 0 bridgehead atoms. The predicted octanol–water partition coefficient (Wildman–Crippen LogP) is 3.30. The van der Waals surface area contributed by atoms with Gasteiger partial charge in [0, 0.05) is 6.54 Å². The first-order valence-corrected chi connectivity index (χ1v) is 6.10. The maximum atomic E-state index is 11.5. The first-order chi connectivity index (χ1) is 9.25. The van der Waals surface area contributed by atoms with Gasteiger partial charge in [-0.25, -0.2) is 4.79 Å². The third-order valence-electron chi connectivity index (χ3n) is 2.75. The number of benzene rings is 2. The van der Waals surface area contributed by atoms with Crippen molar-refractivity contribution in [3.63, 3.8) is 0 Å². The number of ether oxygens (including phenoxy) is 1. The lowest BCUT2D eigenvalue weighted by molar-refractivity contribution is 0.139. The summed E-state index contributed by atoms with van der Waals surface area (Å²) in [6, 6.07) is 17.3. The Morgan fingerprint density at radius 3 is 2.47 bits per heavy atom. The SMILES string of the molecule is [CH2]c1ccccc1CNC(=O)OCc1ccccc1. The van der Waals surface area contributed by atoms with Crippen LogP contribution in [0.15, 0.2) is 54.6 Å². The Bertz CT molecular complexity index is 537. The number of rotatable bonds is 4. The van der Waals surface area contributed by atoms with Gasteiger partial charge in [-0.3, -0.25) is 0 Å². The van der Waals surface area contributed by atoms with E-state index < -0.39 is 6.09 Å². The minimum atomic E-state index is -0.424. The minimum absolute atomic E-state index is 0.276. The summed E-state index contributed by atoms with van der Waals surface area (Å²) in [4.78, 5) is 11.5. The van der Waals surface area contributed by atoms with Gasteiger partial charge in [0.2, 0.25) is 0 Å². The highest BCUT2D eigenvalue weighted by Gasteiger charge is 2.03. The quantitative estimate of drug-likeness (QED) is 0.909. The molecule has 0 atom stereocenters. The Balaban J connectivity index is 1.78. The van der Waals surface area contributed by atoms with E-state index in [1.165, 1.54) is 0 Å². The number of alkyl carbamates (subject to hydrolysis) is 1. The summed E-state index contributed by atoms with van der Waals surface area (Å²) >= 11 is 0. The molecule has 0 aromatic heterocycles. The molecule has 0 spiro atoms. The third kappa shape index (κ3) is 4.14. The van der Waals surface area contributed by atoms with Crippen molar-refractivity contribution in [2.24, 2.45) is 0 Å². The van der Waals surface area contributed by atoms with Crippen molar-refractivity contribution < 1.29 is 9.53 Å². The molecule has 0 unspecified atom stereocenters. The lowest BCUT2D eigenvalue weighted by Gasteiger charge is -2.08. The van der Waals surface area contributed by atoms with Crippen LogP contribution in [0, 0.1) is 6.92 Å². The molecule has 0 aliphatic carbocycles. The Morgan fingerprint density at radius 2 is 1.74 bits per heavy atom. The molecule has 97 valence electrons. The van der Waals surface area contributed by atoms with Crippen LogP contribution >= 0.6 is 0 Å². The van der Waals surface area contributed by atoms with E-state index in [0.29, 0.717) is 6.54 Å². The molecule has 0 aliphatic rings. The van der Waals surface area contributed by atoms with E-state index in [1.807, 2.05) is 54.6 Å². The average molecular weight is 254 g/mol. The van der Waals surface area contributed by atoms with Crippen molar-refractivity contribution in [3.8, 4) is 0 Å². The van der Waals surface area contributed by atoms with E-state index in [-0.39, 0.29) is 6.61 Å². The van der Waals surface area contributed by atoms with Crippen LogP contribution in [0.5, 0.6) is 0 Å². The summed E-state index contributed by atoms with van der Waals surface area (Å²) in [5, 5.41) is 2.71. The second kappa shape index (κ2) is 6.59. The zero-order valence-electron chi connectivity index (χ0n) is 10.6. The van der Waals surface area contributed by atoms with Crippen molar-refractivity contribution in [3.05, 3.63) is 78.2 Å². The summed E-state index contributed by atoms with van der Waals surface area (Å²) in [7, 11) is 0. The van der Waals surface area contributed by atoms with Gasteiger partial charge >= 0.3 is 6.09 Å². The van der Waals surface area contributed by atoms with Crippen LogP contribution in [0.25, 0.3) is 0 Å². The van der Waals surface area contributed by atoms with Crippen molar-refractivity contribution in [1.82, 2.24) is 5.32 Å².